The van der Waals surface area contributed by atoms with Crippen molar-refractivity contribution >= 4 is 41.0 Å². The lowest BCUT2D eigenvalue weighted by Crippen LogP contribution is -2.32. The number of pyridine rings is 1. The Morgan fingerprint density at radius 2 is 1.79 bits per heavy atom. The molecule has 0 aliphatic carbocycles. The number of carbonyl (C=O) groups excluding carboxylic acids is 4. The fraction of sp³-hybridized carbons (Fsp3) is 0.324. The van der Waals surface area contributed by atoms with Crippen LogP contribution in [0.4, 0.5) is 10.6 Å². The SMILES string of the molecule is CCCNC(=O)c1ccc(-c2cc3c(cc2C(=O)Nc2cnc(CNC(=O)OC(C)(C)C)cn2)-c2sccc2CCO3)c(C(=O)OC)n1. The lowest BCUT2D eigenvalue weighted by molar-refractivity contribution is 0.0521. The summed E-state index contributed by atoms with van der Waals surface area (Å²) >= 11 is 1.54. The van der Waals surface area contributed by atoms with Crippen LogP contribution in [0.5, 0.6) is 5.75 Å². The monoisotopic (exact) mass is 672 g/mol. The number of carbonyl (C=O) groups is 4. The molecular weight excluding hydrogens is 636 g/mol. The Morgan fingerprint density at radius 3 is 2.50 bits per heavy atom. The Bertz CT molecular complexity index is 1850. The van der Waals surface area contributed by atoms with Crippen molar-refractivity contribution in [3.63, 3.8) is 0 Å². The van der Waals surface area contributed by atoms with Gasteiger partial charge < -0.3 is 30.2 Å². The molecule has 0 radical (unpaired) electrons. The number of alkyl carbamates (subject to hydrolysis) is 1. The second-order valence-corrected chi connectivity index (χ2v) is 12.7. The van der Waals surface area contributed by atoms with E-state index in [1.165, 1.54) is 36.9 Å². The second-order valence-electron chi connectivity index (χ2n) is 11.8. The van der Waals surface area contributed by atoms with Crippen LogP contribution in [-0.2, 0) is 22.4 Å². The minimum atomic E-state index is -0.778. The van der Waals surface area contributed by atoms with Gasteiger partial charge in [-0.05, 0) is 68.5 Å². The number of ether oxygens (including phenoxy) is 3. The molecular formula is C34H36N6O7S. The molecule has 3 amide bonds. The summed E-state index contributed by atoms with van der Waals surface area (Å²) in [5.41, 5.74) is 2.33. The number of aromatic nitrogens is 3. The van der Waals surface area contributed by atoms with Gasteiger partial charge in [-0.25, -0.2) is 19.6 Å². The van der Waals surface area contributed by atoms with Gasteiger partial charge in [-0.2, -0.15) is 0 Å². The first-order valence-electron chi connectivity index (χ1n) is 15.3. The molecule has 5 rings (SSSR count). The topological polar surface area (TPSA) is 171 Å². The van der Waals surface area contributed by atoms with E-state index in [0.717, 1.165) is 22.4 Å². The zero-order valence-electron chi connectivity index (χ0n) is 27.3. The molecule has 0 atom stereocenters. The molecule has 1 aliphatic heterocycles. The van der Waals surface area contributed by atoms with Gasteiger partial charge in [-0.1, -0.05) is 6.92 Å². The normalized spacial score (nSPS) is 12.0. The lowest BCUT2D eigenvalue weighted by Gasteiger charge is -2.19. The van der Waals surface area contributed by atoms with Crippen LogP contribution in [0.15, 0.2) is 48.1 Å². The highest BCUT2D eigenvalue weighted by atomic mass is 32.1. The number of hydrogen-bond acceptors (Lipinski definition) is 11. The summed E-state index contributed by atoms with van der Waals surface area (Å²) in [6, 6.07) is 8.52. The second kappa shape index (κ2) is 14.6. The highest BCUT2D eigenvalue weighted by Crippen LogP contribution is 2.43. The fourth-order valence-corrected chi connectivity index (χ4v) is 5.86. The van der Waals surface area contributed by atoms with Crippen molar-refractivity contribution in [1.82, 2.24) is 25.6 Å². The maximum Gasteiger partial charge on any atom is 0.407 e. The number of amides is 3. The van der Waals surface area contributed by atoms with Crippen LogP contribution in [0.1, 0.15) is 76.7 Å². The molecule has 0 unspecified atom stereocenters. The quantitative estimate of drug-likeness (QED) is 0.196. The summed E-state index contributed by atoms with van der Waals surface area (Å²) in [5, 5.41) is 10.1. The number of nitrogens with one attached hydrogen (secondary N) is 3. The van der Waals surface area contributed by atoms with E-state index in [0.29, 0.717) is 36.6 Å². The highest BCUT2D eigenvalue weighted by molar-refractivity contribution is 7.13. The Balaban J connectivity index is 1.51. The maximum absolute atomic E-state index is 14.0. The predicted molar refractivity (Wildman–Crippen MR) is 179 cm³/mol. The van der Waals surface area contributed by atoms with E-state index in [9.17, 15) is 19.2 Å². The van der Waals surface area contributed by atoms with Gasteiger partial charge in [-0.15, -0.1) is 11.3 Å². The van der Waals surface area contributed by atoms with Crippen molar-refractivity contribution in [3.05, 3.63) is 76.3 Å². The summed E-state index contributed by atoms with van der Waals surface area (Å²) in [6.07, 6.45) is 3.62. The van der Waals surface area contributed by atoms with Crippen molar-refractivity contribution in [2.45, 2.75) is 52.7 Å². The standard InChI is InChI=1S/C34H36N6O7S/c1-6-11-35-31(42)25-8-7-21(28(39-25)32(43)45-5)22-15-26-24(29-19(9-12-46-26)10-13-48-29)14-23(22)30(41)40-27-18-36-20(16-37-27)17-38-33(44)47-34(2,3)4/h7-8,10,13-16,18H,6,9,11-12,17H2,1-5H3,(H,35,42)(H,38,44)(H,37,40,41). The molecule has 1 aliphatic rings. The van der Waals surface area contributed by atoms with Crippen LogP contribution in [0.25, 0.3) is 21.6 Å². The molecule has 4 heterocycles. The third-order valence-corrected chi connectivity index (χ3v) is 8.07. The number of benzene rings is 1. The lowest BCUT2D eigenvalue weighted by atomic mass is 9.93. The summed E-state index contributed by atoms with van der Waals surface area (Å²) in [7, 11) is 1.22. The molecule has 4 aromatic rings. The summed E-state index contributed by atoms with van der Waals surface area (Å²) in [4.78, 5) is 65.7. The Morgan fingerprint density at radius 1 is 0.979 bits per heavy atom. The molecule has 0 fully saturated rings. The number of methoxy groups -OCH3 is 1. The molecule has 13 nitrogen and oxygen atoms in total. The number of fused-ring (bicyclic) bond motifs is 3. The molecule has 0 spiro atoms. The van der Waals surface area contributed by atoms with Gasteiger partial charge in [-0.3, -0.25) is 14.6 Å². The number of nitrogens with zero attached hydrogens (tertiary/aromatic N) is 3. The van der Waals surface area contributed by atoms with E-state index >= 15 is 0 Å². The van der Waals surface area contributed by atoms with Gasteiger partial charge in [0.15, 0.2) is 11.5 Å². The first-order chi connectivity index (χ1) is 23.0. The Kier molecular flexibility index (Phi) is 10.3. The van der Waals surface area contributed by atoms with Crippen LogP contribution in [0.3, 0.4) is 0 Å². The van der Waals surface area contributed by atoms with Gasteiger partial charge in [0.1, 0.15) is 17.0 Å². The van der Waals surface area contributed by atoms with E-state index in [-0.39, 0.29) is 34.9 Å². The molecule has 3 N–H and O–H groups in total. The molecule has 250 valence electrons. The van der Waals surface area contributed by atoms with Gasteiger partial charge in [0, 0.05) is 40.1 Å². The largest absolute Gasteiger partial charge is 0.493 e. The minimum Gasteiger partial charge on any atom is -0.493 e. The zero-order valence-corrected chi connectivity index (χ0v) is 28.1. The van der Waals surface area contributed by atoms with Crippen LogP contribution in [0, 0.1) is 0 Å². The number of hydrogen-bond donors (Lipinski definition) is 3. The number of thiophene rings is 1. The fourth-order valence-electron chi connectivity index (χ4n) is 4.88. The van der Waals surface area contributed by atoms with E-state index < -0.39 is 29.5 Å². The molecule has 1 aromatic carbocycles. The predicted octanol–water partition coefficient (Wildman–Crippen LogP) is 5.41. The van der Waals surface area contributed by atoms with E-state index in [1.807, 2.05) is 18.4 Å². The maximum atomic E-state index is 14.0. The van der Waals surface area contributed by atoms with Crippen molar-refractivity contribution in [2.75, 3.05) is 25.6 Å². The third kappa shape index (κ3) is 7.94. The average molecular weight is 673 g/mol. The first-order valence-corrected chi connectivity index (χ1v) is 16.2. The molecule has 0 saturated heterocycles. The van der Waals surface area contributed by atoms with E-state index in [1.54, 1.807) is 39.0 Å². The molecule has 0 bridgehead atoms. The van der Waals surface area contributed by atoms with Gasteiger partial charge >= 0.3 is 12.1 Å². The van der Waals surface area contributed by atoms with Gasteiger partial charge in [0.05, 0.1) is 38.3 Å². The number of anilines is 1. The van der Waals surface area contributed by atoms with Crippen molar-refractivity contribution in [2.24, 2.45) is 0 Å². The van der Waals surface area contributed by atoms with Crippen LogP contribution in [-0.4, -0.2) is 64.7 Å². The minimum absolute atomic E-state index is 0.0318. The number of rotatable bonds is 9. The molecule has 3 aromatic heterocycles. The van der Waals surface area contributed by atoms with E-state index in [2.05, 4.69) is 30.9 Å². The van der Waals surface area contributed by atoms with Gasteiger partial charge in [0.25, 0.3) is 11.8 Å². The van der Waals surface area contributed by atoms with Crippen LogP contribution < -0.4 is 20.7 Å². The molecule has 48 heavy (non-hydrogen) atoms. The van der Waals surface area contributed by atoms with Crippen molar-refractivity contribution in [1.29, 1.82) is 0 Å². The van der Waals surface area contributed by atoms with Crippen molar-refractivity contribution in [3.8, 4) is 27.3 Å². The van der Waals surface area contributed by atoms with Crippen LogP contribution in [0.2, 0.25) is 0 Å². The highest BCUT2D eigenvalue weighted by Gasteiger charge is 2.27. The zero-order chi connectivity index (χ0) is 34.4. The Hall–Kier alpha value is -5.37. The summed E-state index contributed by atoms with van der Waals surface area (Å²) in [5.74, 6) is -1.07. The average Bonchev–Trinajstić information content (AvgIpc) is 3.46. The summed E-state index contributed by atoms with van der Waals surface area (Å²) in [6.45, 7) is 8.15. The third-order valence-electron chi connectivity index (χ3n) is 7.08. The van der Waals surface area contributed by atoms with Gasteiger partial charge in [0.2, 0.25) is 0 Å². The Labute approximate surface area is 281 Å². The molecule has 0 saturated carbocycles. The smallest absolute Gasteiger partial charge is 0.407 e. The molecule has 14 heteroatoms. The summed E-state index contributed by atoms with van der Waals surface area (Å²) < 4.78 is 16.4. The van der Waals surface area contributed by atoms with Crippen LogP contribution >= 0.6 is 11.3 Å². The first kappa shape index (κ1) is 34.0. The van der Waals surface area contributed by atoms with E-state index in [4.69, 9.17) is 14.2 Å². The van der Waals surface area contributed by atoms with Crippen molar-refractivity contribution < 1.29 is 33.4 Å². The number of esters is 1.